The molecule has 0 saturated heterocycles. The first-order valence-electron chi connectivity index (χ1n) is 8.17. The zero-order valence-electron chi connectivity index (χ0n) is 14.0. The number of nitrogens with one attached hydrogen (secondary N) is 1. The number of hydrogen-bond acceptors (Lipinski definition) is 1. The maximum Gasteiger partial charge on any atom is 0.0646 e. The van der Waals surface area contributed by atoms with Crippen LogP contribution in [0.1, 0.15) is 47.4 Å². The molecule has 0 aliphatic heterocycles. The Morgan fingerprint density at radius 3 is 2.36 bits per heavy atom. The Balaban J connectivity index is 2.11. The lowest BCUT2D eigenvalue weighted by Crippen LogP contribution is -2.03. The lowest BCUT2D eigenvalue weighted by Gasteiger charge is -2.14. The van der Waals surface area contributed by atoms with Crippen molar-refractivity contribution >= 4 is 10.9 Å². The average Bonchev–Trinajstić information content (AvgIpc) is 2.92. The Hall–Kier alpha value is -2.09. The van der Waals surface area contributed by atoms with Crippen molar-refractivity contribution in [3.63, 3.8) is 0 Å². The monoisotopic (exact) mass is 292 g/mol. The molecular weight excluding hydrogens is 268 g/mol. The molecule has 0 atom stereocenters. The number of benzene rings is 1. The van der Waals surface area contributed by atoms with E-state index in [0.717, 1.165) is 24.8 Å². The molecule has 0 aliphatic rings. The first-order chi connectivity index (χ1) is 10.7. The van der Waals surface area contributed by atoms with Crippen LogP contribution in [0.15, 0.2) is 30.6 Å². The van der Waals surface area contributed by atoms with E-state index in [9.17, 15) is 0 Å². The molecule has 0 aliphatic carbocycles. The van der Waals surface area contributed by atoms with Crippen LogP contribution in [0.25, 0.3) is 10.9 Å². The minimum Gasteiger partial charge on any atom is -0.360 e. The molecule has 0 unspecified atom stereocenters. The minimum atomic E-state index is 0.930. The second kappa shape index (κ2) is 5.96. The van der Waals surface area contributed by atoms with Gasteiger partial charge in [-0.2, -0.15) is 0 Å². The normalized spacial score (nSPS) is 11.3. The molecule has 114 valence electrons. The zero-order valence-corrected chi connectivity index (χ0v) is 14.0. The fourth-order valence-electron chi connectivity index (χ4n) is 3.45. The van der Waals surface area contributed by atoms with Gasteiger partial charge in [0.25, 0.3) is 0 Å². The summed E-state index contributed by atoms with van der Waals surface area (Å²) >= 11 is 0. The number of fused-ring (bicyclic) bond motifs is 1. The molecule has 0 fully saturated rings. The quantitative estimate of drug-likeness (QED) is 0.728. The zero-order chi connectivity index (χ0) is 15.7. The van der Waals surface area contributed by atoms with Crippen LogP contribution in [-0.4, -0.2) is 9.97 Å². The summed E-state index contributed by atoms with van der Waals surface area (Å²) in [6.07, 6.45) is 7.13. The van der Waals surface area contributed by atoms with Crippen molar-refractivity contribution in [1.82, 2.24) is 9.97 Å². The molecule has 2 heteroatoms. The van der Waals surface area contributed by atoms with Crippen LogP contribution in [0.5, 0.6) is 0 Å². The van der Waals surface area contributed by atoms with Gasteiger partial charge in [-0.3, -0.25) is 4.98 Å². The average molecular weight is 292 g/mol. The molecule has 0 radical (unpaired) electrons. The van der Waals surface area contributed by atoms with E-state index in [1.807, 2.05) is 6.20 Å². The van der Waals surface area contributed by atoms with Gasteiger partial charge in [0.05, 0.1) is 11.7 Å². The summed E-state index contributed by atoms with van der Waals surface area (Å²) in [5.41, 5.74) is 9.32. The van der Waals surface area contributed by atoms with Crippen molar-refractivity contribution in [3.8, 4) is 0 Å². The summed E-state index contributed by atoms with van der Waals surface area (Å²) in [6, 6.07) is 6.69. The van der Waals surface area contributed by atoms with Crippen molar-refractivity contribution in [3.05, 3.63) is 64.1 Å². The molecule has 2 heterocycles. The highest BCUT2D eigenvalue weighted by Gasteiger charge is 2.13. The van der Waals surface area contributed by atoms with Crippen molar-refractivity contribution in [2.45, 2.75) is 47.0 Å². The van der Waals surface area contributed by atoms with Crippen LogP contribution in [0.3, 0.4) is 0 Å². The smallest absolute Gasteiger partial charge is 0.0646 e. The van der Waals surface area contributed by atoms with E-state index < -0.39 is 0 Å². The van der Waals surface area contributed by atoms with Gasteiger partial charge in [-0.1, -0.05) is 32.0 Å². The SMILES string of the molecule is CCc1cccc(CC)c1Cc1ncc2[nH]cc(C)c2c1C. The standard InChI is InChI=1S/C20H24N2/c1-5-15-8-7-9-16(6-2)17(15)10-18-14(4)20-13(3)11-21-19(20)12-22-18/h7-9,11-12,21H,5-6,10H2,1-4H3. The van der Waals surface area contributed by atoms with Crippen molar-refractivity contribution in [1.29, 1.82) is 0 Å². The summed E-state index contributed by atoms with van der Waals surface area (Å²) in [5, 5.41) is 1.33. The van der Waals surface area contributed by atoms with Crippen LogP contribution in [0.4, 0.5) is 0 Å². The Morgan fingerprint density at radius 2 is 1.73 bits per heavy atom. The maximum atomic E-state index is 4.73. The third kappa shape index (κ3) is 2.43. The third-order valence-corrected chi connectivity index (χ3v) is 4.74. The molecule has 1 N–H and O–H groups in total. The number of aryl methyl sites for hydroxylation is 4. The molecular formula is C20H24N2. The topological polar surface area (TPSA) is 28.7 Å². The van der Waals surface area contributed by atoms with Gasteiger partial charge in [-0.15, -0.1) is 0 Å². The number of pyridine rings is 1. The van der Waals surface area contributed by atoms with E-state index in [-0.39, 0.29) is 0 Å². The highest BCUT2D eigenvalue weighted by molar-refractivity contribution is 5.86. The van der Waals surface area contributed by atoms with Crippen LogP contribution in [0, 0.1) is 13.8 Å². The van der Waals surface area contributed by atoms with Gasteiger partial charge in [0.2, 0.25) is 0 Å². The van der Waals surface area contributed by atoms with E-state index in [2.05, 4.69) is 57.1 Å². The molecule has 22 heavy (non-hydrogen) atoms. The summed E-state index contributed by atoms with van der Waals surface area (Å²) in [5.74, 6) is 0. The molecule has 2 nitrogen and oxygen atoms in total. The van der Waals surface area contributed by atoms with E-state index in [4.69, 9.17) is 4.98 Å². The lowest BCUT2D eigenvalue weighted by molar-refractivity contribution is 0.967. The number of H-pyrrole nitrogens is 1. The Bertz CT molecular complexity index is 790. The highest BCUT2D eigenvalue weighted by Crippen LogP contribution is 2.26. The lowest BCUT2D eigenvalue weighted by atomic mass is 9.92. The molecule has 0 amide bonds. The number of hydrogen-bond donors (Lipinski definition) is 1. The van der Waals surface area contributed by atoms with E-state index >= 15 is 0 Å². The van der Waals surface area contributed by atoms with Crippen LogP contribution in [0.2, 0.25) is 0 Å². The predicted molar refractivity (Wildman–Crippen MR) is 93.6 cm³/mol. The second-order valence-corrected chi connectivity index (χ2v) is 6.03. The van der Waals surface area contributed by atoms with E-state index in [0.29, 0.717) is 0 Å². The molecule has 3 rings (SSSR count). The molecule has 2 aromatic heterocycles. The van der Waals surface area contributed by atoms with Crippen molar-refractivity contribution in [2.75, 3.05) is 0 Å². The van der Waals surface area contributed by atoms with Crippen molar-refractivity contribution < 1.29 is 0 Å². The first-order valence-corrected chi connectivity index (χ1v) is 8.17. The van der Waals surface area contributed by atoms with Crippen molar-refractivity contribution in [2.24, 2.45) is 0 Å². The second-order valence-electron chi connectivity index (χ2n) is 6.03. The highest BCUT2D eigenvalue weighted by atomic mass is 14.7. The maximum absolute atomic E-state index is 4.73. The number of nitrogens with zero attached hydrogens (tertiary/aromatic N) is 1. The summed E-state index contributed by atoms with van der Waals surface area (Å²) in [7, 11) is 0. The molecule has 0 bridgehead atoms. The van der Waals surface area contributed by atoms with Gasteiger partial charge in [-0.25, -0.2) is 0 Å². The molecule has 0 saturated carbocycles. The molecule has 3 aromatic rings. The summed E-state index contributed by atoms with van der Waals surface area (Å²) in [4.78, 5) is 8.04. The van der Waals surface area contributed by atoms with Gasteiger partial charge in [0.15, 0.2) is 0 Å². The van der Waals surface area contributed by atoms with Crippen LogP contribution < -0.4 is 0 Å². The largest absolute Gasteiger partial charge is 0.360 e. The minimum absolute atomic E-state index is 0.930. The number of aromatic nitrogens is 2. The van der Waals surface area contributed by atoms with Gasteiger partial charge in [-0.05, 0) is 54.5 Å². The van der Waals surface area contributed by atoms with Gasteiger partial charge in [0.1, 0.15) is 0 Å². The van der Waals surface area contributed by atoms with Gasteiger partial charge in [0, 0.05) is 23.7 Å². The first kappa shape index (κ1) is 14.8. The molecule has 1 aromatic carbocycles. The van der Waals surface area contributed by atoms with E-state index in [1.165, 1.54) is 38.9 Å². The van der Waals surface area contributed by atoms with Gasteiger partial charge >= 0.3 is 0 Å². The number of aromatic amines is 1. The van der Waals surface area contributed by atoms with Gasteiger partial charge < -0.3 is 4.98 Å². The van der Waals surface area contributed by atoms with Crippen LogP contribution >= 0.6 is 0 Å². The fourth-order valence-corrected chi connectivity index (χ4v) is 3.45. The Kier molecular flexibility index (Phi) is 4.02. The van der Waals surface area contributed by atoms with E-state index in [1.54, 1.807) is 0 Å². The Morgan fingerprint density at radius 1 is 1.05 bits per heavy atom. The summed E-state index contributed by atoms with van der Waals surface area (Å²) < 4.78 is 0. The third-order valence-electron chi connectivity index (χ3n) is 4.74. The molecule has 0 spiro atoms. The van der Waals surface area contributed by atoms with Crippen LogP contribution in [-0.2, 0) is 19.3 Å². The predicted octanol–water partition coefficient (Wildman–Crippen LogP) is 4.90. The fraction of sp³-hybridized carbons (Fsp3) is 0.350. The number of rotatable bonds is 4. The summed E-state index contributed by atoms with van der Waals surface area (Å²) in [6.45, 7) is 8.83. The Labute approximate surface area is 132 Å².